The molecule has 0 bridgehead atoms. The quantitative estimate of drug-likeness (QED) is 0.156. The summed E-state index contributed by atoms with van der Waals surface area (Å²) in [6.07, 6.45) is 0. The number of thiazole rings is 1. The molecule has 21 aromatic rings. The van der Waals surface area contributed by atoms with Gasteiger partial charge in [0.25, 0.3) is 0 Å². The van der Waals surface area contributed by atoms with Crippen molar-refractivity contribution in [1.82, 2.24) is 9.97 Å². The van der Waals surface area contributed by atoms with Crippen molar-refractivity contribution in [2.45, 2.75) is 24.7 Å². The van der Waals surface area contributed by atoms with Crippen LogP contribution in [0.1, 0.15) is 47.2 Å². The van der Waals surface area contributed by atoms with Gasteiger partial charge in [-0.15, -0.1) is 11.3 Å². The third-order valence-corrected chi connectivity index (χ3v) is 25.4. The molecule has 1 spiro atoms. The van der Waals surface area contributed by atoms with E-state index in [-0.39, 0.29) is 5.41 Å². The molecule has 512 valence electrons. The van der Waals surface area contributed by atoms with Crippen LogP contribution in [0.4, 0.5) is 0 Å². The number of fused-ring (bicyclic) bond motifs is 27. The average molecular weight is 1420 g/mol. The Morgan fingerprint density at radius 3 is 1.47 bits per heavy atom. The Hall–Kier alpha value is -13.6. The van der Waals surface area contributed by atoms with Gasteiger partial charge in [-0.3, -0.25) is 0 Å². The van der Waals surface area contributed by atoms with Gasteiger partial charge < -0.3 is 4.42 Å². The maximum atomic E-state index is 6.61. The second-order valence-corrected chi connectivity index (χ2v) is 31.6. The van der Waals surface area contributed by atoms with Crippen LogP contribution < -0.4 is 0 Å². The van der Waals surface area contributed by atoms with E-state index in [9.17, 15) is 0 Å². The normalized spacial score (nSPS) is 13.3. The molecule has 3 nitrogen and oxygen atoms in total. The van der Waals surface area contributed by atoms with Crippen molar-refractivity contribution in [3.63, 3.8) is 0 Å². The van der Waals surface area contributed by atoms with E-state index in [2.05, 4.69) is 347 Å². The number of nitrogens with zero attached hydrogens (tertiary/aromatic N) is 2. The smallest absolute Gasteiger partial charge is 0.227 e. The van der Waals surface area contributed by atoms with E-state index in [0.717, 1.165) is 54.5 Å². The number of oxazole rings is 1. The van der Waals surface area contributed by atoms with Crippen LogP contribution in [0.15, 0.2) is 368 Å². The lowest BCUT2D eigenvalue weighted by Gasteiger charge is -2.31. The first-order chi connectivity index (χ1) is 54.2. The molecule has 0 fully saturated rings. The summed E-state index contributed by atoms with van der Waals surface area (Å²) in [5.74, 6) is 0.636. The monoisotopic (exact) mass is 1410 g/mol. The van der Waals surface area contributed by atoms with Crippen molar-refractivity contribution in [2.75, 3.05) is 0 Å². The Bertz CT molecular complexity index is 7460. The average Bonchev–Trinajstić information content (AvgIpc) is 1.50. The lowest BCUT2D eigenvalue weighted by molar-refractivity contribution is 0.623. The summed E-state index contributed by atoms with van der Waals surface area (Å²) in [6, 6.07) is 134. The summed E-state index contributed by atoms with van der Waals surface area (Å²) in [4.78, 5) is 9.98. The Kier molecular flexibility index (Phi) is 13.6. The predicted octanol–water partition coefficient (Wildman–Crippen LogP) is 28.8. The Labute approximate surface area is 640 Å². The molecule has 0 atom stereocenters. The third-order valence-electron chi connectivity index (χ3n) is 24.3. The third kappa shape index (κ3) is 9.36. The largest absolute Gasteiger partial charge is 0.435 e. The fourth-order valence-corrected chi connectivity index (χ4v) is 20.2. The lowest BCUT2D eigenvalue weighted by Crippen LogP contribution is -2.26. The Morgan fingerprint density at radius 2 is 0.736 bits per heavy atom. The Balaban J connectivity index is 0.000000137. The van der Waals surface area contributed by atoms with E-state index >= 15 is 0 Å². The SMILES string of the molecule is CC1(C)c2cc(-c3cccc(-c4ccc5ccc6ccc7nc(-c8ccccc8)sc7c6c5c4)c3)ccc2-c2cc3ccccc3cc21.c1ccc(-c2nc3ccc4ccc5ccc(-c6cc(-c7ccc8c(c7)C7(c9ccccc9-c9ccccc97)c7c-8ccc8ccccc78)c7ccccc7c6)cc5c4c3o2)cc1. The number of aromatic nitrogens is 2. The molecule has 0 unspecified atom stereocenters. The van der Waals surface area contributed by atoms with Crippen LogP contribution in [0, 0.1) is 0 Å². The molecule has 0 saturated heterocycles. The van der Waals surface area contributed by atoms with Crippen molar-refractivity contribution < 1.29 is 4.42 Å². The topological polar surface area (TPSA) is 38.9 Å². The highest BCUT2D eigenvalue weighted by molar-refractivity contribution is 7.22. The van der Waals surface area contributed by atoms with E-state index in [4.69, 9.17) is 14.4 Å². The van der Waals surface area contributed by atoms with Gasteiger partial charge in [-0.1, -0.05) is 299 Å². The van der Waals surface area contributed by atoms with Crippen molar-refractivity contribution >= 4 is 108 Å². The Morgan fingerprint density at radius 1 is 0.255 bits per heavy atom. The van der Waals surface area contributed by atoms with Crippen LogP contribution >= 0.6 is 11.3 Å². The summed E-state index contributed by atoms with van der Waals surface area (Å²) < 4.78 is 7.86. The van der Waals surface area contributed by atoms with E-state index in [0.29, 0.717) is 5.89 Å². The maximum Gasteiger partial charge on any atom is 0.227 e. The van der Waals surface area contributed by atoms with Gasteiger partial charge in [-0.2, -0.15) is 0 Å². The van der Waals surface area contributed by atoms with Crippen molar-refractivity contribution in [3.8, 4) is 99.9 Å². The highest BCUT2D eigenvalue weighted by Crippen LogP contribution is 2.65. The van der Waals surface area contributed by atoms with E-state index in [1.807, 2.05) is 30.3 Å². The molecule has 4 heteroatoms. The lowest BCUT2D eigenvalue weighted by atomic mass is 9.69. The molecule has 24 rings (SSSR count). The summed E-state index contributed by atoms with van der Waals surface area (Å²) in [5.41, 5.74) is 30.3. The summed E-state index contributed by atoms with van der Waals surface area (Å²) in [6.45, 7) is 4.74. The number of benzene rings is 19. The second-order valence-electron chi connectivity index (χ2n) is 30.6. The zero-order valence-corrected chi connectivity index (χ0v) is 61.2. The number of hydrogen-bond donors (Lipinski definition) is 0. The van der Waals surface area contributed by atoms with Crippen LogP contribution in [0.5, 0.6) is 0 Å². The fraction of sp³-hybridized carbons (Fsp3) is 0.0377. The van der Waals surface area contributed by atoms with Gasteiger partial charge in [0, 0.05) is 27.3 Å². The minimum atomic E-state index is -0.464. The molecule has 0 N–H and O–H groups in total. The first-order valence-electron chi connectivity index (χ1n) is 38.1. The minimum Gasteiger partial charge on any atom is -0.435 e. The summed E-state index contributed by atoms with van der Waals surface area (Å²) in [5, 5.41) is 18.3. The molecule has 3 aliphatic carbocycles. The summed E-state index contributed by atoms with van der Waals surface area (Å²) in [7, 11) is 0. The van der Waals surface area contributed by atoms with Crippen LogP contribution in [0.25, 0.3) is 197 Å². The van der Waals surface area contributed by atoms with Gasteiger partial charge >= 0.3 is 0 Å². The molecule has 0 saturated carbocycles. The molecule has 2 aromatic heterocycles. The molecule has 0 radical (unpaired) electrons. The van der Waals surface area contributed by atoms with Gasteiger partial charge in [0.05, 0.1) is 15.6 Å². The molecule has 0 amide bonds. The zero-order chi connectivity index (χ0) is 72.5. The predicted molar refractivity (Wildman–Crippen MR) is 463 cm³/mol. The maximum absolute atomic E-state index is 6.61. The van der Waals surface area contributed by atoms with Gasteiger partial charge in [-0.25, -0.2) is 9.97 Å². The van der Waals surface area contributed by atoms with Gasteiger partial charge in [-0.05, 0) is 255 Å². The highest BCUT2D eigenvalue weighted by Gasteiger charge is 2.52. The standard InChI is InChI=1S/C60H35NO.C46H31NS/c1-2-13-39(14-3-1)59-61-55-31-28-38-24-22-37-23-25-40(33-51(37)56(38)58(55)62-59)43-32-41-15-5-6-16-44(41)50(34-43)42-27-29-48-49-30-26-36-12-4-7-17-45(36)57(49)60(54(48)35-42)52-20-10-8-18-46(52)47-19-9-11-21-53(47)60;1-46(2)40-27-36(19-21-37(40)39-25-33-11-6-7-12-34(33)26-41(39)46)32-14-8-13-31(23-32)35-18-16-28-15-17-29-20-22-42-44(43(29)38(28)24-35)48-45(47-42)30-9-4-3-5-10-30/h1-35H;3-27H,1-2H3. The van der Waals surface area contributed by atoms with Crippen molar-refractivity contribution in [1.29, 1.82) is 0 Å². The fourth-order valence-electron chi connectivity index (χ4n) is 19.1. The first kappa shape index (κ1) is 62.5. The molecule has 0 aliphatic heterocycles. The van der Waals surface area contributed by atoms with Crippen LogP contribution in [-0.4, -0.2) is 9.97 Å². The first-order valence-corrected chi connectivity index (χ1v) is 38.9. The molecular weight excluding hydrogens is 1350 g/mol. The molecule has 2 heterocycles. The number of hydrogen-bond acceptors (Lipinski definition) is 4. The molecule has 19 aromatic carbocycles. The van der Waals surface area contributed by atoms with Gasteiger partial charge in [0.1, 0.15) is 10.5 Å². The van der Waals surface area contributed by atoms with Crippen LogP contribution in [-0.2, 0) is 10.8 Å². The van der Waals surface area contributed by atoms with E-state index < -0.39 is 5.41 Å². The molecule has 110 heavy (non-hydrogen) atoms. The van der Waals surface area contributed by atoms with Crippen molar-refractivity contribution in [3.05, 3.63) is 397 Å². The molecular formula is C106H66N2OS. The van der Waals surface area contributed by atoms with Gasteiger partial charge in [0.2, 0.25) is 5.89 Å². The number of rotatable bonds is 6. The van der Waals surface area contributed by atoms with Gasteiger partial charge in [0.15, 0.2) is 5.58 Å². The van der Waals surface area contributed by atoms with Crippen LogP contribution in [0.3, 0.4) is 0 Å². The molecule has 3 aliphatic rings. The summed E-state index contributed by atoms with van der Waals surface area (Å²) >= 11 is 1.79. The van der Waals surface area contributed by atoms with Crippen LogP contribution in [0.2, 0.25) is 0 Å². The highest BCUT2D eigenvalue weighted by atomic mass is 32.1. The minimum absolute atomic E-state index is 0.0654. The zero-order valence-electron chi connectivity index (χ0n) is 60.4. The second kappa shape index (κ2) is 23.9. The van der Waals surface area contributed by atoms with Crippen molar-refractivity contribution in [2.24, 2.45) is 0 Å². The van der Waals surface area contributed by atoms with E-state index in [1.54, 1.807) is 11.3 Å². The van der Waals surface area contributed by atoms with E-state index in [1.165, 1.54) is 170 Å².